The highest BCUT2D eigenvalue weighted by Crippen LogP contribution is 2.45. The summed E-state index contributed by atoms with van der Waals surface area (Å²) in [7, 11) is 0. The predicted molar refractivity (Wildman–Crippen MR) is 118 cm³/mol. The summed E-state index contributed by atoms with van der Waals surface area (Å²) in [5.74, 6) is 0.791. The smallest absolute Gasteiger partial charge is 0.308 e. The zero-order chi connectivity index (χ0) is 22.4. The van der Waals surface area contributed by atoms with Gasteiger partial charge in [0.2, 0.25) is 0 Å². The molecule has 0 heterocycles. The minimum atomic E-state index is -0.795. The average Bonchev–Trinajstić information content (AvgIpc) is 2.65. The zero-order valence-electron chi connectivity index (χ0n) is 19.2. The molecule has 0 aromatic carbocycles. The Kier molecular flexibility index (Phi) is 9.30. The summed E-state index contributed by atoms with van der Waals surface area (Å²) in [5, 5.41) is 20.4. The van der Waals surface area contributed by atoms with Crippen LogP contribution in [-0.4, -0.2) is 40.3 Å². The maximum absolute atomic E-state index is 12.5. The van der Waals surface area contributed by atoms with Gasteiger partial charge in [-0.25, -0.2) is 0 Å². The van der Waals surface area contributed by atoms with E-state index in [0.717, 1.165) is 19.3 Å². The quantitative estimate of drug-likeness (QED) is 0.517. The molecule has 0 aromatic rings. The van der Waals surface area contributed by atoms with Crippen LogP contribution in [0.25, 0.3) is 0 Å². The normalized spacial score (nSPS) is 31.3. The van der Waals surface area contributed by atoms with E-state index in [2.05, 4.69) is 32.1 Å². The molecule has 5 heteroatoms. The Balaban J connectivity index is 2.09. The SMILES string of the molecule is CC[C@H](C)C(=O)O[C@H]1C[C@@H](C)C=C2C=C[C@H](C)[C@H](CCC(O)C[C@@H](O)CC(C)=O)[C@H]21. The van der Waals surface area contributed by atoms with Crippen molar-refractivity contribution in [2.75, 3.05) is 0 Å². The first-order valence-electron chi connectivity index (χ1n) is 11.6. The minimum absolute atomic E-state index is 0.0715. The van der Waals surface area contributed by atoms with Gasteiger partial charge in [-0.1, -0.05) is 45.9 Å². The van der Waals surface area contributed by atoms with E-state index < -0.39 is 12.2 Å². The third-order valence-electron chi connectivity index (χ3n) is 6.78. The first kappa shape index (κ1) is 24.8. The molecule has 0 aromatic heterocycles. The van der Waals surface area contributed by atoms with Crippen LogP contribution in [0.4, 0.5) is 0 Å². The van der Waals surface area contributed by atoms with Crippen molar-refractivity contribution in [2.45, 2.75) is 91.5 Å². The molecule has 2 N–H and O–H groups in total. The lowest BCUT2D eigenvalue weighted by atomic mass is 9.65. The summed E-state index contributed by atoms with van der Waals surface area (Å²) in [6, 6.07) is 0. The number of rotatable bonds is 10. The maximum Gasteiger partial charge on any atom is 0.308 e. The van der Waals surface area contributed by atoms with E-state index in [1.807, 2.05) is 13.8 Å². The van der Waals surface area contributed by atoms with Crippen molar-refractivity contribution in [1.29, 1.82) is 0 Å². The molecule has 2 aliphatic rings. The van der Waals surface area contributed by atoms with Crippen LogP contribution >= 0.6 is 0 Å². The first-order valence-corrected chi connectivity index (χ1v) is 11.6. The predicted octanol–water partition coefficient (Wildman–Crippen LogP) is 4.22. The Morgan fingerprint density at radius 3 is 2.57 bits per heavy atom. The van der Waals surface area contributed by atoms with Crippen LogP contribution in [0, 0.1) is 29.6 Å². The number of hydrogen-bond acceptors (Lipinski definition) is 5. The second-order valence-corrected chi connectivity index (χ2v) is 9.60. The second-order valence-electron chi connectivity index (χ2n) is 9.60. The van der Waals surface area contributed by atoms with Crippen LogP contribution in [0.1, 0.15) is 73.1 Å². The van der Waals surface area contributed by atoms with Gasteiger partial charge in [-0.3, -0.25) is 9.59 Å². The van der Waals surface area contributed by atoms with Gasteiger partial charge in [0.15, 0.2) is 0 Å². The topological polar surface area (TPSA) is 83.8 Å². The number of aliphatic hydroxyl groups excluding tert-OH is 2. The number of esters is 1. The number of ether oxygens (including phenoxy) is 1. The van der Waals surface area contributed by atoms with Gasteiger partial charge in [-0.15, -0.1) is 0 Å². The zero-order valence-corrected chi connectivity index (χ0v) is 19.2. The third kappa shape index (κ3) is 6.78. The molecule has 30 heavy (non-hydrogen) atoms. The molecule has 0 bridgehead atoms. The minimum Gasteiger partial charge on any atom is -0.461 e. The van der Waals surface area contributed by atoms with Gasteiger partial charge < -0.3 is 14.9 Å². The van der Waals surface area contributed by atoms with Gasteiger partial charge in [0.05, 0.1) is 18.1 Å². The molecule has 0 spiro atoms. The Labute approximate surface area is 181 Å². The number of Topliss-reactive ketones (excluding diaryl/α,β-unsaturated/α-hetero) is 1. The summed E-state index contributed by atoms with van der Waals surface area (Å²) in [6.45, 7) is 9.70. The molecule has 0 aliphatic heterocycles. The number of hydrogen-bond donors (Lipinski definition) is 2. The maximum atomic E-state index is 12.5. The number of aliphatic hydroxyl groups is 2. The molecule has 2 aliphatic carbocycles. The highest BCUT2D eigenvalue weighted by atomic mass is 16.5. The van der Waals surface area contributed by atoms with Crippen LogP contribution in [0.5, 0.6) is 0 Å². The average molecular weight is 421 g/mol. The fourth-order valence-electron chi connectivity index (χ4n) is 4.89. The molecule has 0 fully saturated rings. The van der Waals surface area contributed by atoms with E-state index in [1.54, 1.807) is 0 Å². The van der Waals surface area contributed by atoms with Crippen LogP contribution in [0.2, 0.25) is 0 Å². The number of ketones is 1. The highest BCUT2D eigenvalue weighted by molar-refractivity contribution is 5.75. The fraction of sp³-hybridized carbons (Fsp3) is 0.760. The Bertz CT molecular complexity index is 652. The van der Waals surface area contributed by atoms with Gasteiger partial charge in [-0.05, 0) is 62.4 Å². The van der Waals surface area contributed by atoms with Gasteiger partial charge in [0.1, 0.15) is 11.9 Å². The molecule has 0 saturated heterocycles. The summed E-state index contributed by atoms with van der Waals surface area (Å²) < 4.78 is 6.02. The molecule has 8 atom stereocenters. The highest BCUT2D eigenvalue weighted by Gasteiger charge is 2.41. The number of fused-ring (bicyclic) bond motifs is 1. The lowest BCUT2D eigenvalue weighted by Gasteiger charge is -2.43. The van der Waals surface area contributed by atoms with Gasteiger partial charge in [0, 0.05) is 12.3 Å². The van der Waals surface area contributed by atoms with Crippen LogP contribution < -0.4 is 0 Å². The molecular formula is C25H40O5. The van der Waals surface area contributed by atoms with E-state index >= 15 is 0 Å². The molecule has 2 rings (SSSR count). The lowest BCUT2D eigenvalue weighted by Crippen LogP contribution is -2.41. The van der Waals surface area contributed by atoms with Crippen molar-refractivity contribution < 1.29 is 24.5 Å². The monoisotopic (exact) mass is 420 g/mol. The number of allylic oxidation sites excluding steroid dienone is 3. The summed E-state index contributed by atoms with van der Waals surface area (Å²) in [6.07, 6.45) is 8.35. The molecule has 1 unspecified atom stereocenters. The first-order chi connectivity index (χ1) is 14.1. The fourth-order valence-corrected chi connectivity index (χ4v) is 4.89. The Morgan fingerprint density at radius 2 is 1.93 bits per heavy atom. The van der Waals surface area contributed by atoms with Crippen LogP contribution in [0.15, 0.2) is 23.8 Å². The van der Waals surface area contributed by atoms with Crippen molar-refractivity contribution in [3.8, 4) is 0 Å². The van der Waals surface area contributed by atoms with Crippen molar-refractivity contribution in [1.82, 2.24) is 0 Å². The van der Waals surface area contributed by atoms with E-state index in [1.165, 1.54) is 12.5 Å². The Morgan fingerprint density at radius 1 is 1.23 bits per heavy atom. The molecule has 0 radical (unpaired) electrons. The lowest BCUT2D eigenvalue weighted by molar-refractivity contribution is -0.158. The van der Waals surface area contributed by atoms with E-state index in [0.29, 0.717) is 18.3 Å². The van der Waals surface area contributed by atoms with E-state index in [-0.39, 0.29) is 48.5 Å². The van der Waals surface area contributed by atoms with Crippen LogP contribution in [0.3, 0.4) is 0 Å². The van der Waals surface area contributed by atoms with Crippen LogP contribution in [-0.2, 0) is 14.3 Å². The van der Waals surface area contributed by atoms with Crippen molar-refractivity contribution in [3.63, 3.8) is 0 Å². The standard InChI is InChI=1S/C25H40O5/c1-6-16(3)25(29)30-23-12-15(2)11-19-8-7-17(4)22(24(19)23)10-9-20(27)14-21(28)13-18(5)26/h7-8,11,15-17,20-24,27-28H,6,9-10,12-14H2,1-5H3/t15-,16-,17-,20?,21-,22-,23-,24-/m0/s1. The molecule has 0 amide bonds. The van der Waals surface area contributed by atoms with Gasteiger partial charge in [0.25, 0.3) is 0 Å². The Hall–Kier alpha value is -1.46. The van der Waals surface area contributed by atoms with E-state index in [4.69, 9.17) is 4.74 Å². The molecule has 0 saturated carbocycles. The molecular weight excluding hydrogens is 380 g/mol. The van der Waals surface area contributed by atoms with Crippen molar-refractivity contribution in [2.24, 2.45) is 29.6 Å². The number of carbonyl (C=O) groups is 2. The van der Waals surface area contributed by atoms with E-state index in [9.17, 15) is 19.8 Å². The second kappa shape index (κ2) is 11.2. The molecule has 170 valence electrons. The summed E-state index contributed by atoms with van der Waals surface area (Å²) in [5.41, 5.74) is 1.24. The third-order valence-corrected chi connectivity index (χ3v) is 6.78. The summed E-state index contributed by atoms with van der Waals surface area (Å²) in [4.78, 5) is 23.7. The largest absolute Gasteiger partial charge is 0.461 e. The van der Waals surface area contributed by atoms with Gasteiger partial charge in [-0.2, -0.15) is 0 Å². The molecule has 5 nitrogen and oxygen atoms in total. The summed E-state index contributed by atoms with van der Waals surface area (Å²) >= 11 is 0. The number of carbonyl (C=O) groups excluding carboxylic acids is 2. The van der Waals surface area contributed by atoms with Gasteiger partial charge >= 0.3 is 5.97 Å². The van der Waals surface area contributed by atoms with Crippen molar-refractivity contribution in [3.05, 3.63) is 23.8 Å². The van der Waals surface area contributed by atoms with Crippen molar-refractivity contribution >= 4 is 11.8 Å².